The van der Waals surface area contributed by atoms with E-state index in [2.05, 4.69) is 16.1 Å². The molecule has 0 atom stereocenters. The van der Waals surface area contributed by atoms with Crippen molar-refractivity contribution in [1.82, 2.24) is 24.5 Å². The Hall–Kier alpha value is -3.76. The summed E-state index contributed by atoms with van der Waals surface area (Å²) in [5.41, 5.74) is 6.30. The summed E-state index contributed by atoms with van der Waals surface area (Å²) in [6.07, 6.45) is 6.36. The minimum atomic E-state index is -3.02. The molecule has 2 aromatic carbocycles. The van der Waals surface area contributed by atoms with Crippen molar-refractivity contribution in [3.8, 4) is 16.9 Å². The highest BCUT2D eigenvalue weighted by molar-refractivity contribution is 7.91. The molecule has 1 fully saturated rings. The molecule has 0 unspecified atom stereocenters. The Balaban J connectivity index is 1.43. The zero-order valence-electron chi connectivity index (χ0n) is 21.7. The maximum atomic E-state index is 11.9. The summed E-state index contributed by atoms with van der Waals surface area (Å²) in [6.45, 7) is 3.27. The predicted octanol–water partition coefficient (Wildman–Crippen LogP) is 3.79. The Morgan fingerprint density at radius 3 is 2.50 bits per heavy atom. The van der Waals surface area contributed by atoms with Gasteiger partial charge < -0.3 is 10.0 Å². The Bertz CT molecular complexity index is 1760. The third-order valence-electron chi connectivity index (χ3n) is 7.65. The summed E-state index contributed by atoms with van der Waals surface area (Å²) >= 11 is 0. The average Bonchev–Trinajstić information content (AvgIpc) is 3.49. The van der Waals surface area contributed by atoms with Gasteiger partial charge in [-0.1, -0.05) is 24.3 Å². The van der Waals surface area contributed by atoms with Gasteiger partial charge in [-0.2, -0.15) is 10.2 Å². The number of benzene rings is 2. The van der Waals surface area contributed by atoms with E-state index in [9.17, 15) is 13.5 Å². The van der Waals surface area contributed by atoms with E-state index in [-0.39, 0.29) is 11.9 Å². The summed E-state index contributed by atoms with van der Waals surface area (Å²) in [4.78, 5) is 6.87. The minimum absolute atomic E-state index is 0.0545. The van der Waals surface area contributed by atoms with Gasteiger partial charge in [-0.05, 0) is 49.1 Å². The second-order valence-electron chi connectivity index (χ2n) is 10.1. The highest BCUT2D eigenvalue weighted by atomic mass is 32.2. The maximum absolute atomic E-state index is 11.9. The number of pyridine rings is 1. The molecule has 9 nitrogen and oxygen atoms in total. The average molecular weight is 531 g/mol. The van der Waals surface area contributed by atoms with Gasteiger partial charge in [0.1, 0.15) is 21.3 Å². The van der Waals surface area contributed by atoms with Gasteiger partial charge in [-0.3, -0.25) is 4.68 Å². The van der Waals surface area contributed by atoms with Gasteiger partial charge in [0.05, 0.1) is 34.8 Å². The first kappa shape index (κ1) is 24.6. The van der Waals surface area contributed by atoms with Crippen LogP contribution in [0, 0.1) is 6.92 Å². The van der Waals surface area contributed by atoms with Crippen LogP contribution in [0.4, 0.5) is 5.82 Å². The molecule has 1 aliphatic rings. The summed E-state index contributed by atoms with van der Waals surface area (Å²) in [5, 5.41) is 21.3. The standard InChI is InChI=1S/C28H30N6O3S/c1-18-19(17-35)7-9-23-27(22-5-4-6-25-24(22)16-32(2)30-25)31-34(28(18)23)20-8-10-26(29-15-20)33-13-11-21(12-14-33)38(3,36)37/h4-10,15-16,21,35H,11-14,17H2,1-3H3. The Kier molecular flexibility index (Phi) is 5.96. The van der Waals surface area contributed by atoms with Gasteiger partial charge in [0, 0.05) is 48.9 Å². The molecular formula is C28H30N6O3S. The molecule has 0 saturated carbocycles. The zero-order chi connectivity index (χ0) is 26.6. The summed E-state index contributed by atoms with van der Waals surface area (Å²) < 4.78 is 27.6. The van der Waals surface area contributed by atoms with Crippen LogP contribution in [0.25, 0.3) is 38.8 Å². The van der Waals surface area contributed by atoms with Crippen LogP contribution in [0.3, 0.4) is 0 Å². The van der Waals surface area contributed by atoms with Crippen LogP contribution in [0.1, 0.15) is 24.0 Å². The number of rotatable bonds is 5. The van der Waals surface area contributed by atoms with E-state index >= 15 is 0 Å². The van der Waals surface area contributed by atoms with Gasteiger partial charge >= 0.3 is 0 Å². The first-order valence-electron chi connectivity index (χ1n) is 12.7. The molecule has 1 saturated heterocycles. The number of hydrogen-bond acceptors (Lipinski definition) is 7. The van der Waals surface area contributed by atoms with Crippen LogP contribution < -0.4 is 4.90 Å². The minimum Gasteiger partial charge on any atom is -0.392 e. The molecule has 1 N–H and O–H groups in total. The second kappa shape index (κ2) is 9.21. The lowest BCUT2D eigenvalue weighted by atomic mass is 10.0. The number of aromatic nitrogens is 5. The van der Waals surface area contributed by atoms with E-state index in [1.165, 1.54) is 6.26 Å². The van der Waals surface area contributed by atoms with E-state index < -0.39 is 9.84 Å². The number of hydrogen-bond donors (Lipinski definition) is 1. The van der Waals surface area contributed by atoms with Crippen molar-refractivity contribution in [3.63, 3.8) is 0 Å². The molecule has 0 radical (unpaired) electrons. The molecule has 10 heteroatoms. The SMILES string of the molecule is Cc1c(CO)ccc2c(-c3cccc4nn(C)cc34)nn(-c3ccc(N4CCC(S(C)(=O)=O)CC4)nc3)c12. The van der Waals surface area contributed by atoms with E-state index in [4.69, 9.17) is 10.1 Å². The molecule has 4 heterocycles. The van der Waals surface area contributed by atoms with Crippen LogP contribution in [0.15, 0.2) is 54.9 Å². The molecule has 5 aromatic rings. The van der Waals surface area contributed by atoms with Crippen molar-refractivity contribution in [2.75, 3.05) is 24.2 Å². The fraction of sp³-hybridized carbons (Fsp3) is 0.321. The second-order valence-corrected chi connectivity index (χ2v) is 12.4. The lowest BCUT2D eigenvalue weighted by molar-refractivity contribution is 0.281. The van der Waals surface area contributed by atoms with E-state index in [1.807, 2.05) is 72.1 Å². The van der Waals surface area contributed by atoms with Crippen LogP contribution in [-0.2, 0) is 23.5 Å². The lowest BCUT2D eigenvalue weighted by Crippen LogP contribution is -2.39. The zero-order valence-corrected chi connectivity index (χ0v) is 22.5. The number of nitrogens with zero attached hydrogens (tertiary/aromatic N) is 6. The van der Waals surface area contributed by atoms with Gasteiger partial charge in [-0.15, -0.1) is 0 Å². The predicted molar refractivity (Wildman–Crippen MR) is 149 cm³/mol. The van der Waals surface area contributed by atoms with E-state index in [0.29, 0.717) is 25.9 Å². The Morgan fingerprint density at radius 2 is 1.82 bits per heavy atom. The molecule has 0 amide bonds. The fourth-order valence-corrected chi connectivity index (χ4v) is 6.61. The summed E-state index contributed by atoms with van der Waals surface area (Å²) in [5.74, 6) is 0.824. The number of fused-ring (bicyclic) bond motifs is 2. The monoisotopic (exact) mass is 530 g/mol. The van der Waals surface area contributed by atoms with Gasteiger partial charge in [0.25, 0.3) is 0 Å². The van der Waals surface area contributed by atoms with Crippen LogP contribution >= 0.6 is 0 Å². The maximum Gasteiger partial charge on any atom is 0.150 e. The van der Waals surface area contributed by atoms with Crippen molar-refractivity contribution in [1.29, 1.82) is 0 Å². The number of piperidine rings is 1. The third kappa shape index (κ3) is 4.13. The first-order chi connectivity index (χ1) is 18.2. The Labute approximate surface area is 221 Å². The summed E-state index contributed by atoms with van der Waals surface area (Å²) in [6, 6.07) is 14.0. The smallest absolute Gasteiger partial charge is 0.150 e. The molecule has 1 aliphatic heterocycles. The topological polar surface area (TPSA) is 106 Å². The van der Waals surface area contributed by atoms with Crippen molar-refractivity contribution in [2.45, 2.75) is 31.6 Å². The quantitative estimate of drug-likeness (QED) is 0.369. The molecule has 38 heavy (non-hydrogen) atoms. The van der Waals surface area contributed by atoms with Crippen molar-refractivity contribution in [2.24, 2.45) is 7.05 Å². The van der Waals surface area contributed by atoms with Crippen LogP contribution in [0.2, 0.25) is 0 Å². The summed E-state index contributed by atoms with van der Waals surface area (Å²) in [7, 11) is -1.11. The van der Waals surface area contributed by atoms with Gasteiger partial charge in [0.15, 0.2) is 0 Å². The molecule has 0 bridgehead atoms. The molecule has 196 valence electrons. The van der Waals surface area contributed by atoms with E-state index in [0.717, 1.165) is 55.7 Å². The molecule has 3 aromatic heterocycles. The molecule has 0 aliphatic carbocycles. The highest BCUT2D eigenvalue weighted by Gasteiger charge is 2.27. The number of anilines is 1. The third-order valence-corrected chi connectivity index (χ3v) is 9.33. The first-order valence-corrected chi connectivity index (χ1v) is 14.6. The lowest BCUT2D eigenvalue weighted by Gasteiger charge is -2.31. The number of sulfone groups is 1. The van der Waals surface area contributed by atoms with Crippen molar-refractivity contribution < 1.29 is 13.5 Å². The molecular weight excluding hydrogens is 500 g/mol. The van der Waals surface area contributed by atoms with Gasteiger partial charge in [-0.25, -0.2) is 18.1 Å². The normalized spacial score (nSPS) is 15.1. The van der Waals surface area contributed by atoms with E-state index in [1.54, 1.807) is 0 Å². The Morgan fingerprint density at radius 1 is 1.03 bits per heavy atom. The molecule has 6 rings (SSSR count). The number of aliphatic hydroxyl groups excluding tert-OH is 1. The van der Waals surface area contributed by atoms with Gasteiger partial charge in [0.2, 0.25) is 0 Å². The highest BCUT2D eigenvalue weighted by Crippen LogP contribution is 2.36. The fourth-order valence-electron chi connectivity index (χ4n) is 5.54. The van der Waals surface area contributed by atoms with Crippen LogP contribution in [0.5, 0.6) is 0 Å². The van der Waals surface area contributed by atoms with Crippen LogP contribution in [-0.4, -0.2) is 62.7 Å². The van der Waals surface area contributed by atoms with Crippen molar-refractivity contribution in [3.05, 3.63) is 66.0 Å². The van der Waals surface area contributed by atoms with Crippen molar-refractivity contribution >= 4 is 37.5 Å². The number of aryl methyl sites for hydroxylation is 2. The molecule has 0 spiro atoms. The number of aliphatic hydroxyl groups is 1. The largest absolute Gasteiger partial charge is 0.392 e.